The van der Waals surface area contributed by atoms with Crippen molar-refractivity contribution in [3.8, 4) is 0 Å². The Morgan fingerprint density at radius 2 is 1.73 bits per heavy atom. The van der Waals surface area contributed by atoms with E-state index < -0.39 is 19.9 Å². The molecule has 7 nitrogen and oxygen atoms in total. The SMILES string of the molecule is CN(C(=O)CN(C1CCCC1)S(C)(=O)=O)C1CCS(=O)(=O)C1. The summed E-state index contributed by atoms with van der Waals surface area (Å²) < 4.78 is 48.2. The Bertz CT molecular complexity index is 623. The Morgan fingerprint density at radius 1 is 1.14 bits per heavy atom. The fourth-order valence-corrected chi connectivity index (χ4v) is 6.11. The van der Waals surface area contributed by atoms with Gasteiger partial charge in [0, 0.05) is 19.1 Å². The third-order valence-corrected chi connectivity index (χ3v) is 7.63. The highest BCUT2D eigenvalue weighted by molar-refractivity contribution is 7.91. The van der Waals surface area contributed by atoms with Crippen molar-refractivity contribution < 1.29 is 21.6 Å². The molecule has 0 aromatic rings. The van der Waals surface area contributed by atoms with Crippen LogP contribution in [0.25, 0.3) is 0 Å². The van der Waals surface area contributed by atoms with Gasteiger partial charge in [-0.2, -0.15) is 4.31 Å². The molecule has 1 saturated carbocycles. The van der Waals surface area contributed by atoms with Crippen LogP contribution in [-0.4, -0.2) is 75.4 Å². The Morgan fingerprint density at radius 3 is 2.18 bits per heavy atom. The molecule has 1 atom stereocenters. The van der Waals surface area contributed by atoms with E-state index in [1.807, 2.05) is 0 Å². The predicted molar refractivity (Wildman–Crippen MR) is 83.6 cm³/mol. The van der Waals surface area contributed by atoms with Crippen LogP contribution < -0.4 is 0 Å². The number of sulfone groups is 1. The topological polar surface area (TPSA) is 91.8 Å². The highest BCUT2D eigenvalue weighted by Crippen LogP contribution is 2.25. The normalized spacial score (nSPS) is 25.7. The molecule has 0 radical (unpaired) electrons. The summed E-state index contributed by atoms with van der Waals surface area (Å²) in [6, 6.07) is -0.456. The fourth-order valence-electron chi connectivity index (χ4n) is 3.24. The summed E-state index contributed by atoms with van der Waals surface area (Å²) in [5.74, 6) is -0.273. The number of rotatable bonds is 5. The van der Waals surface area contributed by atoms with Crippen molar-refractivity contribution in [3.05, 3.63) is 0 Å². The monoisotopic (exact) mass is 352 g/mol. The van der Waals surface area contributed by atoms with Crippen molar-refractivity contribution in [1.29, 1.82) is 0 Å². The minimum absolute atomic E-state index is 0.0302. The zero-order chi connectivity index (χ0) is 16.5. The Kier molecular flexibility index (Phi) is 5.18. The van der Waals surface area contributed by atoms with E-state index in [1.165, 1.54) is 9.21 Å². The summed E-state index contributed by atoms with van der Waals surface area (Å²) in [7, 11) is -4.97. The number of sulfonamides is 1. The second-order valence-electron chi connectivity index (χ2n) is 6.31. The maximum absolute atomic E-state index is 12.4. The van der Waals surface area contributed by atoms with Crippen LogP contribution in [0.4, 0.5) is 0 Å². The van der Waals surface area contributed by atoms with Crippen molar-refractivity contribution in [1.82, 2.24) is 9.21 Å². The lowest BCUT2D eigenvalue weighted by Gasteiger charge is -2.30. The lowest BCUT2D eigenvalue weighted by Crippen LogP contribution is -2.48. The number of amides is 1. The maximum atomic E-state index is 12.4. The molecule has 1 aliphatic heterocycles. The largest absolute Gasteiger partial charge is 0.341 e. The van der Waals surface area contributed by atoms with Gasteiger partial charge in [0.2, 0.25) is 15.9 Å². The third-order valence-electron chi connectivity index (χ3n) is 4.60. The molecule has 1 aliphatic carbocycles. The zero-order valence-electron chi connectivity index (χ0n) is 13.1. The number of carbonyl (C=O) groups excluding carboxylic acids is 1. The molecule has 1 saturated heterocycles. The predicted octanol–water partition coefficient (Wildman–Crippen LogP) is -0.164. The van der Waals surface area contributed by atoms with Gasteiger partial charge in [0.1, 0.15) is 0 Å². The standard InChI is InChI=1S/C13H24N2O5S2/c1-14(12-7-8-22(19,20)10-12)13(16)9-15(21(2,17)18)11-5-3-4-6-11/h11-12H,3-10H2,1-2H3. The van der Waals surface area contributed by atoms with E-state index in [1.54, 1.807) is 7.05 Å². The minimum atomic E-state index is -3.46. The van der Waals surface area contributed by atoms with Gasteiger partial charge in [-0.3, -0.25) is 4.79 Å². The van der Waals surface area contributed by atoms with Crippen LogP contribution in [0.1, 0.15) is 32.1 Å². The molecule has 0 bridgehead atoms. The number of hydrogen-bond acceptors (Lipinski definition) is 5. The van der Waals surface area contributed by atoms with E-state index in [0.29, 0.717) is 6.42 Å². The third kappa shape index (κ3) is 4.20. The van der Waals surface area contributed by atoms with Crippen LogP contribution in [0.3, 0.4) is 0 Å². The maximum Gasteiger partial charge on any atom is 0.237 e. The molecule has 2 aliphatic rings. The van der Waals surface area contributed by atoms with Crippen LogP contribution >= 0.6 is 0 Å². The number of likely N-dealkylation sites (N-methyl/N-ethyl adjacent to an activating group) is 1. The van der Waals surface area contributed by atoms with Gasteiger partial charge in [0.25, 0.3) is 0 Å². The lowest BCUT2D eigenvalue weighted by atomic mass is 10.2. The van der Waals surface area contributed by atoms with Crippen LogP contribution in [0.15, 0.2) is 0 Å². The van der Waals surface area contributed by atoms with E-state index in [0.717, 1.165) is 31.9 Å². The first-order valence-electron chi connectivity index (χ1n) is 7.53. The summed E-state index contributed by atoms with van der Waals surface area (Å²) >= 11 is 0. The van der Waals surface area contributed by atoms with E-state index in [9.17, 15) is 21.6 Å². The molecule has 22 heavy (non-hydrogen) atoms. The van der Waals surface area contributed by atoms with Gasteiger partial charge in [-0.15, -0.1) is 0 Å². The number of nitrogens with zero attached hydrogens (tertiary/aromatic N) is 2. The minimum Gasteiger partial charge on any atom is -0.341 e. The van der Waals surface area contributed by atoms with Gasteiger partial charge in [0.15, 0.2) is 9.84 Å². The molecule has 0 aromatic carbocycles. The quantitative estimate of drug-likeness (QED) is 0.685. The van der Waals surface area contributed by atoms with Crippen LogP contribution in [0, 0.1) is 0 Å². The Labute approximate surface area is 132 Å². The van der Waals surface area contributed by atoms with Gasteiger partial charge in [-0.25, -0.2) is 16.8 Å². The van der Waals surface area contributed by atoms with Crippen LogP contribution in [-0.2, 0) is 24.7 Å². The van der Waals surface area contributed by atoms with Gasteiger partial charge >= 0.3 is 0 Å². The summed E-state index contributed by atoms with van der Waals surface area (Å²) in [5, 5.41) is 0. The molecule has 0 aromatic heterocycles. The average molecular weight is 352 g/mol. The molecular formula is C13H24N2O5S2. The molecule has 1 heterocycles. The molecule has 0 spiro atoms. The highest BCUT2D eigenvalue weighted by Gasteiger charge is 2.36. The van der Waals surface area contributed by atoms with Gasteiger partial charge in [-0.05, 0) is 19.3 Å². The van der Waals surface area contributed by atoms with Gasteiger partial charge < -0.3 is 4.90 Å². The van der Waals surface area contributed by atoms with Crippen LogP contribution in [0.2, 0.25) is 0 Å². The molecule has 0 N–H and O–H groups in total. The van der Waals surface area contributed by atoms with Gasteiger partial charge in [0.05, 0.1) is 24.3 Å². The zero-order valence-corrected chi connectivity index (χ0v) is 14.7. The van der Waals surface area contributed by atoms with Crippen molar-refractivity contribution in [2.45, 2.75) is 44.2 Å². The number of hydrogen-bond donors (Lipinski definition) is 0. The summed E-state index contributed by atoms with van der Waals surface area (Å²) in [6.07, 6.45) is 5.05. The highest BCUT2D eigenvalue weighted by atomic mass is 32.2. The molecule has 2 fully saturated rings. The lowest BCUT2D eigenvalue weighted by molar-refractivity contribution is -0.132. The molecule has 2 rings (SSSR count). The molecule has 128 valence electrons. The van der Waals surface area contributed by atoms with E-state index in [4.69, 9.17) is 0 Å². The van der Waals surface area contributed by atoms with Gasteiger partial charge in [-0.1, -0.05) is 12.8 Å². The van der Waals surface area contributed by atoms with Crippen molar-refractivity contribution in [2.75, 3.05) is 31.4 Å². The number of carbonyl (C=O) groups is 1. The van der Waals surface area contributed by atoms with E-state index >= 15 is 0 Å². The van der Waals surface area contributed by atoms with E-state index in [-0.39, 0.29) is 36.0 Å². The summed E-state index contributed by atoms with van der Waals surface area (Å²) in [5.41, 5.74) is 0. The first-order valence-corrected chi connectivity index (χ1v) is 11.2. The van der Waals surface area contributed by atoms with Crippen molar-refractivity contribution in [3.63, 3.8) is 0 Å². The first kappa shape index (κ1) is 17.7. The molecular weight excluding hydrogens is 328 g/mol. The fraction of sp³-hybridized carbons (Fsp3) is 0.923. The molecule has 1 amide bonds. The van der Waals surface area contributed by atoms with E-state index in [2.05, 4.69) is 0 Å². The van der Waals surface area contributed by atoms with Crippen molar-refractivity contribution >= 4 is 25.8 Å². The molecule has 9 heteroatoms. The summed E-state index contributed by atoms with van der Waals surface area (Å²) in [4.78, 5) is 13.8. The second kappa shape index (κ2) is 6.45. The average Bonchev–Trinajstić information content (AvgIpc) is 3.02. The molecule has 1 unspecified atom stereocenters. The second-order valence-corrected chi connectivity index (χ2v) is 10.5. The first-order chi connectivity index (χ1) is 10.1. The smallest absolute Gasteiger partial charge is 0.237 e. The van der Waals surface area contributed by atoms with Crippen LogP contribution in [0.5, 0.6) is 0 Å². The van der Waals surface area contributed by atoms with Crippen molar-refractivity contribution in [2.24, 2.45) is 0 Å². The summed E-state index contributed by atoms with van der Waals surface area (Å²) in [6.45, 7) is -0.198. The Hall–Kier alpha value is -0.670. The Balaban J connectivity index is 2.04.